The van der Waals surface area contributed by atoms with Crippen LogP contribution in [-0.2, 0) is 9.59 Å². The number of para-hydroxylation sites is 1. The zero-order chi connectivity index (χ0) is 15.0. The van der Waals surface area contributed by atoms with Crippen LogP contribution in [0.1, 0.15) is 25.8 Å². The lowest BCUT2D eigenvalue weighted by atomic mass is 10.2. The molecule has 0 heterocycles. The van der Waals surface area contributed by atoms with Gasteiger partial charge in [-0.05, 0) is 26.0 Å². The number of carbonyl (C=O) groups is 2. The quantitative estimate of drug-likeness (QED) is 0.748. The van der Waals surface area contributed by atoms with Crippen LogP contribution < -0.4 is 10.1 Å². The van der Waals surface area contributed by atoms with Gasteiger partial charge in [0.15, 0.2) is 0 Å². The topological polar surface area (TPSA) is 75.6 Å². The Morgan fingerprint density at radius 3 is 2.75 bits per heavy atom. The number of ether oxygens (including phenoxy) is 1. The molecular weight excluding hydrogens is 258 g/mol. The Morgan fingerprint density at radius 2 is 2.10 bits per heavy atom. The van der Waals surface area contributed by atoms with E-state index in [0.717, 1.165) is 5.56 Å². The zero-order valence-electron chi connectivity index (χ0n) is 11.6. The van der Waals surface area contributed by atoms with E-state index in [1.165, 1.54) is 6.08 Å². The second-order valence-corrected chi connectivity index (χ2v) is 4.31. The van der Waals surface area contributed by atoms with Gasteiger partial charge in [0.1, 0.15) is 5.75 Å². The van der Waals surface area contributed by atoms with Crippen molar-refractivity contribution in [2.45, 2.75) is 26.3 Å². The molecule has 0 saturated carbocycles. The standard InChI is InChI=1S/C15H19NO4/c1-3-20-13-7-5-4-6-12(13)8-9-14(17)16-11(2)10-15(18)19/h4-9,11H,3,10H2,1-2H3,(H,16,17)(H,18,19)/b9-8+. The van der Waals surface area contributed by atoms with Gasteiger partial charge in [-0.1, -0.05) is 18.2 Å². The number of carboxylic acids is 1. The van der Waals surface area contributed by atoms with Crippen LogP contribution in [-0.4, -0.2) is 29.6 Å². The number of rotatable bonds is 7. The number of nitrogens with one attached hydrogen (secondary N) is 1. The Labute approximate surface area is 118 Å². The Balaban J connectivity index is 2.63. The van der Waals surface area contributed by atoms with Crippen molar-refractivity contribution in [2.75, 3.05) is 6.61 Å². The molecule has 1 aromatic rings. The number of hydrogen-bond acceptors (Lipinski definition) is 3. The van der Waals surface area contributed by atoms with E-state index >= 15 is 0 Å². The third kappa shape index (κ3) is 5.56. The maximum absolute atomic E-state index is 11.6. The van der Waals surface area contributed by atoms with Crippen molar-refractivity contribution in [1.82, 2.24) is 5.32 Å². The molecule has 0 saturated heterocycles. The van der Waals surface area contributed by atoms with Crippen molar-refractivity contribution >= 4 is 18.0 Å². The molecule has 5 heteroatoms. The van der Waals surface area contributed by atoms with E-state index in [4.69, 9.17) is 9.84 Å². The summed E-state index contributed by atoms with van der Waals surface area (Å²) in [6.07, 6.45) is 2.92. The summed E-state index contributed by atoms with van der Waals surface area (Å²) in [5, 5.41) is 11.2. The first-order valence-electron chi connectivity index (χ1n) is 6.45. The largest absolute Gasteiger partial charge is 0.493 e. The molecule has 0 fully saturated rings. The van der Waals surface area contributed by atoms with Crippen molar-refractivity contribution in [3.05, 3.63) is 35.9 Å². The molecule has 0 aliphatic rings. The Hall–Kier alpha value is -2.30. The van der Waals surface area contributed by atoms with Crippen LogP contribution in [0.3, 0.4) is 0 Å². The smallest absolute Gasteiger partial charge is 0.305 e. The predicted octanol–water partition coefficient (Wildman–Crippen LogP) is 2.08. The van der Waals surface area contributed by atoms with Crippen molar-refractivity contribution in [2.24, 2.45) is 0 Å². The second kappa shape index (κ2) is 7.99. The molecule has 108 valence electrons. The molecule has 20 heavy (non-hydrogen) atoms. The number of carboxylic acid groups (broad SMARTS) is 1. The van der Waals surface area contributed by atoms with Crippen LogP contribution in [0.25, 0.3) is 6.08 Å². The first kappa shape index (κ1) is 15.8. The van der Waals surface area contributed by atoms with E-state index in [1.54, 1.807) is 13.0 Å². The highest BCUT2D eigenvalue weighted by atomic mass is 16.5. The Morgan fingerprint density at radius 1 is 1.40 bits per heavy atom. The van der Waals surface area contributed by atoms with E-state index in [9.17, 15) is 9.59 Å². The Kier molecular flexibility index (Phi) is 6.29. The molecule has 1 aromatic carbocycles. The van der Waals surface area contributed by atoms with Gasteiger partial charge >= 0.3 is 5.97 Å². The number of aliphatic carboxylic acids is 1. The van der Waals surface area contributed by atoms with Crippen molar-refractivity contribution in [3.8, 4) is 5.75 Å². The van der Waals surface area contributed by atoms with Crippen molar-refractivity contribution in [1.29, 1.82) is 0 Å². The van der Waals surface area contributed by atoms with Gasteiger partial charge in [-0.25, -0.2) is 0 Å². The third-order valence-corrected chi connectivity index (χ3v) is 2.50. The van der Waals surface area contributed by atoms with Gasteiger partial charge in [-0.2, -0.15) is 0 Å². The van der Waals surface area contributed by atoms with Crippen LogP contribution >= 0.6 is 0 Å². The lowest BCUT2D eigenvalue weighted by Gasteiger charge is -2.09. The first-order chi connectivity index (χ1) is 9.52. The maximum atomic E-state index is 11.6. The molecule has 0 radical (unpaired) electrons. The SMILES string of the molecule is CCOc1ccccc1/C=C/C(=O)NC(C)CC(=O)O. The Bertz CT molecular complexity index is 496. The zero-order valence-corrected chi connectivity index (χ0v) is 11.6. The van der Waals surface area contributed by atoms with Gasteiger partial charge in [-0.3, -0.25) is 9.59 Å². The monoisotopic (exact) mass is 277 g/mol. The maximum Gasteiger partial charge on any atom is 0.305 e. The number of benzene rings is 1. The average molecular weight is 277 g/mol. The molecule has 0 aliphatic heterocycles. The number of amides is 1. The van der Waals surface area contributed by atoms with E-state index in [0.29, 0.717) is 12.4 Å². The normalized spacial score (nSPS) is 12.1. The molecule has 1 rings (SSSR count). The van der Waals surface area contributed by atoms with Crippen molar-refractivity contribution < 1.29 is 19.4 Å². The highest BCUT2D eigenvalue weighted by Gasteiger charge is 2.09. The minimum Gasteiger partial charge on any atom is -0.493 e. The predicted molar refractivity (Wildman–Crippen MR) is 76.5 cm³/mol. The lowest BCUT2D eigenvalue weighted by Crippen LogP contribution is -2.32. The molecule has 0 bridgehead atoms. The third-order valence-electron chi connectivity index (χ3n) is 2.50. The molecule has 1 unspecified atom stereocenters. The molecular formula is C15H19NO4. The van der Waals surface area contributed by atoms with Gasteiger partial charge < -0.3 is 15.2 Å². The van der Waals surface area contributed by atoms with Gasteiger partial charge in [0, 0.05) is 17.7 Å². The fraction of sp³-hybridized carbons (Fsp3) is 0.333. The highest BCUT2D eigenvalue weighted by molar-refractivity contribution is 5.92. The van der Waals surface area contributed by atoms with Gasteiger partial charge in [0.2, 0.25) is 5.91 Å². The molecule has 0 aliphatic carbocycles. The average Bonchev–Trinajstić information content (AvgIpc) is 2.37. The van der Waals surface area contributed by atoms with Gasteiger partial charge in [0.05, 0.1) is 13.0 Å². The van der Waals surface area contributed by atoms with E-state index < -0.39 is 12.0 Å². The van der Waals surface area contributed by atoms with Gasteiger partial charge in [-0.15, -0.1) is 0 Å². The summed E-state index contributed by atoms with van der Waals surface area (Å²) in [4.78, 5) is 22.1. The second-order valence-electron chi connectivity index (χ2n) is 4.31. The summed E-state index contributed by atoms with van der Waals surface area (Å²) < 4.78 is 5.44. The summed E-state index contributed by atoms with van der Waals surface area (Å²) in [6, 6.07) is 6.97. The minimum atomic E-state index is -0.941. The molecule has 0 spiro atoms. The minimum absolute atomic E-state index is 0.102. The van der Waals surface area contributed by atoms with Crippen LogP contribution in [0.15, 0.2) is 30.3 Å². The van der Waals surface area contributed by atoms with E-state index in [-0.39, 0.29) is 12.3 Å². The number of hydrogen-bond donors (Lipinski definition) is 2. The molecule has 5 nitrogen and oxygen atoms in total. The van der Waals surface area contributed by atoms with Crippen LogP contribution in [0, 0.1) is 0 Å². The van der Waals surface area contributed by atoms with E-state index in [1.807, 2.05) is 31.2 Å². The fourth-order valence-electron chi connectivity index (χ4n) is 1.67. The summed E-state index contributed by atoms with van der Waals surface area (Å²) in [6.45, 7) is 4.08. The summed E-state index contributed by atoms with van der Waals surface area (Å²) >= 11 is 0. The van der Waals surface area contributed by atoms with Crippen LogP contribution in [0.4, 0.5) is 0 Å². The fourth-order valence-corrected chi connectivity index (χ4v) is 1.67. The van der Waals surface area contributed by atoms with Crippen molar-refractivity contribution in [3.63, 3.8) is 0 Å². The molecule has 2 N–H and O–H groups in total. The molecule has 1 atom stereocenters. The summed E-state index contributed by atoms with van der Waals surface area (Å²) in [5.41, 5.74) is 0.801. The summed E-state index contributed by atoms with van der Waals surface area (Å²) in [7, 11) is 0. The van der Waals surface area contributed by atoms with E-state index in [2.05, 4.69) is 5.32 Å². The first-order valence-corrected chi connectivity index (χ1v) is 6.45. The van der Waals surface area contributed by atoms with Gasteiger partial charge in [0.25, 0.3) is 0 Å². The van der Waals surface area contributed by atoms with Crippen LogP contribution in [0.5, 0.6) is 5.75 Å². The summed E-state index contributed by atoms with van der Waals surface area (Å²) in [5.74, 6) is -0.564. The molecule has 1 amide bonds. The lowest BCUT2D eigenvalue weighted by molar-refractivity contribution is -0.137. The molecule has 0 aromatic heterocycles. The number of carbonyl (C=O) groups excluding carboxylic acids is 1. The van der Waals surface area contributed by atoms with Crippen LogP contribution in [0.2, 0.25) is 0 Å². The highest BCUT2D eigenvalue weighted by Crippen LogP contribution is 2.19.